The first-order valence-electron chi connectivity index (χ1n) is 9.58. The van der Waals surface area contributed by atoms with Gasteiger partial charge in [0.2, 0.25) is 10.0 Å². The molecule has 1 heterocycles. The Hall–Kier alpha value is -2.54. The fourth-order valence-corrected chi connectivity index (χ4v) is 4.58. The Labute approximate surface area is 195 Å². The number of alkyl halides is 3. The van der Waals surface area contributed by atoms with Gasteiger partial charge in [-0.2, -0.15) is 4.31 Å². The fraction of sp³-hybridized carbons (Fsp3) is 0.350. The minimum absolute atomic E-state index is 0. The summed E-state index contributed by atoms with van der Waals surface area (Å²) in [6, 6.07) is 11.0. The number of benzene rings is 2. The number of halogens is 4. The summed E-state index contributed by atoms with van der Waals surface area (Å²) in [5.74, 6) is -0.436. The predicted octanol–water partition coefficient (Wildman–Crippen LogP) is 4.00. The summed E-state index contributed by atoms with van der Waals surface area (Å²) in [4.78, 5) is 12.3. The number of nitrogens with zero attached hydrogens (tertiary/aromatic N) is 1. The highest BCUT2D eigenvalue weighted by molar-refractivity contribution is 7.89. The van der Waals surface area contributed by atoms with Gasteiger partial charge in [-0.3, -0.25) is 11.1 Å². The molecule has 13 heteroatoms. The molecule has 8 nitrogen and oxygen atoms in total. The van der Waals surface area contributed by atoms with Crippen molar-refractivity contribution in [3.63, 3.8) is 0 Å². The predicted molar refractivity (Wildman–Crippen MR) is 117 cm³/mol. The normalized spacial score (nSPS) is 16.4. The van der Waals surface area contributed by atoms with Gasteiger partial charge in [-0.15, -0.1) is 25.6 Å². The Morgan fingerprint density at radius 3 is 2.12 bits per heavy atom. The van der Waals surface area contributed by atoms with Crippen LogP contribution in [0.15, 0.2) is 53.4 Å². The van der Waals surface area contributed by atoms with Gasteiger partial charge >= 0.3 is 12.5 Å². The maximum Gasteiger partial charge on any atom is 0.573 e. The third kappa shape index (κ3) is 7.22. The first kappa shape index (κ1) is 26.7. The molecule has 1 aliphatic heterocycles. The zero-order valence-corrected chi connectivity index (χ0v) is 19.1. The van der Waals surface area contributed by atoms with Crippen molar-refractivity contribution in [2.45, 2.75) is 36.7 Å². The van der Waals surface area contributed by atoms with Gasteiger partial charge in [0, 0.05) is 31.6 Å². The Balaban J connectivity index is 0.00000385. The highest BCUT2D eigenvalue weighted by Crippen LogP contribution is 2.27. The van der Waals surface area contributed by atoms with Crippen molar-refractivity contribution in [1.29, 1.82) is 0 Å². The van der Waals surface area contributed by atoms with Crippen molar-refractivity contribution in [1.82, 2.24) is 4.31 Å². The van der Waals surface area contributed by atoms with E-state index in [0.717, 1.165) is 17.7 Å². The van der Waals surface area contributed by atoms with Crippen LogP contribution in [0, 0.1) is 6.92 Å². The number of amides is 1. The van der Waals surface area contributed by atoms with E-state index >= 15 is 0 Å². The third-order valence-corrected chi connectivity index (χ3v) is 6.77. The first-order chi connectivity index (χ1) is 14.9. The summed E-state index contributed by atoms with van der Waals surface area (Å²) >= 11 is 0. The van der Waals surface area contributed by atoms with E-state index in [2.05, 4.69) is 10.1 Å². The second kappa shape index (κ2) is 10.2. The summed E-state index contributed by atoms with van der Waals surface area (Å²) in [6.45, 7) is 1.97. The lowest BCUT2D eigenvalue weighted by atomic mass is 10.0. The number of carbonyl (C=O) groups excluding carboxylic acids is 1. The van der Waals surface area contributed by atoms with Crippen LogP contribution in [0.2, 0.25) is 0 Å². The van der Waals surface area contributed by atoms with Gasteiger partial charge in [0.25, 0.3) is 0 Å². The summed E-state index contributed by atoms with van der Waals surface area (Å²) in [5, 5.41) is 2.37. The molecule has 3 rings (SSSR count). The fourth-order valence-electron chi connectivity index (χ4n) is 3.13. The number of anilines is 1. The molecule has 33 heavy (non-hydrogen) atoms. The van der Waals surface area contributed by atoms with Crippen molar-refractivity contribution in [2.24, 2.45) is 5.73 Å². The topological polar surface area (TPSA) is 111 Å². The maximum absolute atomic E-state index is 12.8. The molecule has 1 aliphatic rings. The summed E-state index contributed by atoms with van der Waals surface area (Å²) in [7, 11) is -3.69. The second-order valence-electron chi connectivity index (χ2n) is 7.37. The molecule has 0 bridgehead atoms. The second-order valence-corrected chi connectivity index (χ2v) is 9.31. The molecular weight excluding hydrogens is 487 g/mol. The van der Waals surface area contributed by atoms with Crippen molar-refractivity contribution >= 4 is 34.2 Å². The molecular formula is C20H23ClF3N3O5S. The van der Waals surface area contributed by atoms with Gasteiger partial charge in [0.15, 0.2) is 5.72 Å². The zero-order valence-electron chi connectivity index (χ0n) is 17.5. The number of piperidine rings is 1. The van der Waals surface area contributed by atoms with Crippen LogP contribution < -0.4 is 15.8 Å². The molecule has 0 saturated carbocycles. The molecule has 0 spiro atoms. The molecule has 2 aromatic rings. The highest BCUT2D eigenvalue weighted by Gasteiger charge is 2.38. The minimum Gasteiger partial charge on any atom is -0.428 e. The number of sulfonamides is 1. The summed E-state index contributed by atoms with van der Waals surface area (Å²) < 4.78 is 72.5. The number of hydrogen-bond donors (Lipinski definition) is 2. The third-order valence-electron chi connectivity index (χ3n) is 4.86. The van der Waals surface area contributed by atoms with E-state index in [4.69, 9.17) is 10.5 Å². The van der Waals surface area contributed by atoms with Gasteiger partial charge in [0.05, 0.1) is 4.90 Å². The van der Waals surface area contributed by atoms with Crippen molar-refractivity contribution in [2.75, 3.05) is 18.4 Å². The number of rotatable bonds is 5. The van der Waals surface area contributed by atoms with Crippen molar-refractivity contribution in [3.05, 3.63) is 54.1 Å². The quantitative estimate of drug-likeness (QED) is 0.589. The zero-order chi connectivity index (χ0) is 23.6. The molecule has 0 radical (unpaired) electrons. The van der Waals surface area contributed by atoms with Gasteiger partial charge in [-0.25, -0.2) is 13.2 Å². The lowest BCUT2D eigenvalue weighted by molar-refractivity contribution is -0.274. The highest BCUT2D eigenvalue weighted by atomic mass is 35.5. The maximum atomic E-state index is 12.8. The largest absolute Gasteiger partial charge is 0.573 e. The smallest absolute Gasteiger partial charge is 0.428 e. The summed E-state index contributed by atoms with van der Waals surface area (Å²) in [6.07, 6.45) is -5.58. The van der Waals surface area contributed by atoms with Crippen LogP contribution in [0.25, 0.3) is 0 Å². The number of carbonyl (C=O) groups is 1. The average molecular weight is 510 g/mol. The monoisotopic (exact) mass is 509 g/mol. The van der Waals surface area contributed by atoms with E-state index in [-0.39, 0.29) is 48.9 Å². The lowest BCUT2D eigenvalue weighted by Crippen LogP contribution is -2.54. The van der Waals surface area contributed by atoms with Gasteiger partial charge < -0.3 is 9.47 Å². The number of hydrogen-bond acceptors (Lipinski definition) is 6. The van der Waals surface area contributed by atoms with E-state index < -0.39 is 34.0 Å². The first-order valence-corrected chi connectivity index (χ1v) is 11.0. The van der Waals surface area contributed by atoms with Crippen molar-refractivity contribution in [3.8, 4) is 5.75 Å². The van der Waals surface area contributed by atoms with Crippen LogP contribution in [0.5, 0.6) is 5.75 Å². The SMILES string of the molecule is Cc1ccc(S(=O)(=O)N2CCC(N)(OC(=O)Nc3ccc(OC(F)(F)F)cc3)CC2)cc1.Cl. The number of nitrogens with two attached hydrogens (primary N) is 1. The molecule has 0 aromatic heterocycles. The molecule has 1 fully saturated rings. The number of aryl methyl sites for hydroxylation is 1. The molecule has 1 amide bonds. The molecule has 3 N–H and O–H groups in total. The van der Waals surface area contributed by atoms with Crippen LogP contribution >= 0.6 is 12.4 Å². The molecule has 182 valence electrons. The van der Waals surface area contributed by atoms with Crippen LogP contribution in [-0.4, -0.2) is 44.0 Å². The van der Waals surface area contributed by atoms with Crippen molar-refractivity contribution < 1.29 is 35.9 Å². The number of nitrogens with one attached hydrogen (secondary N) is 1. The molecule has 1 saturated heterocycles. The lowest BCUT2D eigenvalue weighted by Gasteiger charge is -2.37. The Kier molecular flexibility index (Phi) is 8.22. The van der Waals surface area contributed by atoms with Crippen LogP contribution in [0.3, 0.4) is 0 Å². The van der Waals surface area contributed by atoms with Gasteiger partial charge in [-0.05, 0) is 43.3 Å². The molecule has 0 atom stereocenters. The van der Waals surface area contributed by atoms with E-state index in [1.165, 1.54) is 28.6 Å². The summed E-state index contributed by atoms with van der Waals surface area (Å²) in [5.41, 5.74) is 5.84. The molecule has 0 aliphatic carbocycles. The average Bonchev–Trinajstić information content (AvgIpc) is 2.68. The van der Waals surface area contributed by atoms with E-state index in [1.54, 1.807) is 12.1 Å². The minimum atomic E-state index is -4.82. The van der Waals surface area contributed by atoms with E-state index in [0.29, 0.717) is 0 Å². The van der Waals surface area contributed by atoms with Gasteiger partial charge in [-0.1, -0.05) is 17.7 Å². The van der Waals surface area contributed by atoms with Crippen LogP contribution in [0.1, 0.15) is 18.4 Å². The number of ether oxygens (including phenoxy) is 2. The Morgan fingerprint density at radius 2 is 1.61 bits per heavy atom. The van der Waals surface area contributed by atoms with Crippen LogP contribution in [-0.2, 0) is 14.8 Å². The van der Waals surface area contributed by atoms with E-state index in [9.17, 15) is 26.4 Å². The van der Waals surface area contributed by atoms with E-state index in [1.807, 2.05) is 6.92 Å². The standard InChI is InChI=1S/C20H22F3N3O5S.ClH/c1-14-2-8-17(9-3-14)32(28,29)26-12-10-19(24,11-13-26)31-18(27)25-15-4-6-16(7-5-15)30-20(21,22)23;/h2-9H,10-13,24H2,1H3,(H,25,27);1H. The Morgan fingerprint density at radius 1 is 1.06 bits per heavy atom. The molecule has 0 unspecified atom stereocenters. The Bertz CT molecular complexity index is 1060. The van der Waals surface area contributed by atoms with Gasteiger partial charge in [0.1, 0.15) is 5.75 Å². The molecule has 2 aromatic carbocycles. The van der Waals surface area contributed by atoms with Crippen LogP contribution in [0.4, 0.5) is 23.7 Å².